The van der Waals surface area contributed by atoms with Crippen molar-refractivity contribution in [2.75, 3.05) is 6.61 Å². The fourth-order valence-electron chi connectivity index (χ4n) is 0.763. The Morgan fingerprint density at radius 3 is 3.08 bits per heavy atom. The molecule has 1 aromatic heterocycles. The SMILES string of the molecule is CCOc1cc(C(=O)[O-])ccn1. The summed E-state index contributed by atoms with van der Waals surface area (Å²) in [6.07, 6.45) is 1.37. The molecule has 12 heavy (non-hydrogen) atoms. The van der Waals surface area contributed by atoms with E-state index >= 15 is 0 Å². The molecule has 0 amide bonds. The maximum atomic E-state index is 10.4. The summed E-state index contributed by atoms with van der Waals surface area (Å²) in [6, 6.07) is 2.69. The van der Waals surface area contributed by atoms with Gasteiger partial charge in [-0.1, -0.05) is 0 Å². The third-order valence-corrected chi connectivity index (χ3v) is 1.26. The van der Waals surface area contributed by atoms with E-state index in [0.29, 0.717) is 12.5 Å². The summed E-state index contributed by atoms with van der Waals surface area (Å²) in [7, 11) is 0. The molecule has 0 aliphatic carbocycles. The van der Waals surface area contributed by atoms with Crippen LogP contribution in [0.2, 0.25) is 0 Å². The molecule has 64 valence electrons. The number of hydrogen-bond acceptors (Lipinski definition) is 4. The van der Waals surface area contributed by atoms with E-state index in [0.717, 1.165) is 0 Å². The van der Waals surface area contributed by atoms with Gasteiger partial charge < -0.3 is 14.6 Å². The molecule has 0 aliphatic heterocycles. The van der Waals surface area contributed by atoms with Crippen LogP contribution in [0.1, 0.15) is 17.3 Å². The molecule has 1 aromatic rings. The third kappa shape index (κ3) is 1.95. The Morgan fingerprint density at radius 1 is 1.75 bits per heavy atom. The first kappa shape index (κ1) is 8.52. The van der Waals surface area contributed by atoms with E-state index in [9.17, 15) is 9.90 Å². The summed E-state index contributed by atoms with van der Waals surface area (Å²) in [5.74, 6) is -0.919. The van der Waals surface area contributed by atoms with Gasteiger partial charge in [-0.3, -0.25) is 0 Å². The van der Waals surface area contributed by atoms with Gasteiger partial charge in [0, 0.05) is 17.8 Å². The van der Waals surface area contributed by atoms with Crippen LogP contribution in [0.25, 0.3) is 0 Å². The lowest BCUT2D eigenvalue weighted by Gasteiger charge is -2.04. The average Bonchev–Trinajstić information content (AvgIpc) is 2.05. The highest BCUT2D eigenvalue weighted by Gasteiger charge is 1.96. The number of pyridine rings is 1. The van der Waals surface area contributed by atoms with Crippen molar-refractivity contribution < 1.29 is 14.6 Å². The lowest BCUT2D eigenvalue weighted by Crippen LogP contribution is -2.22. The largest absolute Gasteiger partial charge is 0.545 e. The topological polar surface area (TPSA) is 62.2 Å². The summed E-state index contributed by atoms with van der Waals surface area (Å²) in [5, 5.41) is 10.4. The van der Waals surface area contributed by atoms with Gasteiger partial charge in [0.1, 0.15) is 0 Å². The first-order chi connectivity index (χ1) is 5.74. The molecular weight excluding hydrogens is 158 g/mol. The first-order valence-electron chi connectivity index (χ1n) is 3.54. The second kappa shape index (κ2) is 3.71. The molecule has 0 atom stereocenters. The molecule has 1 rings (SSSR count). The Kier molecular flexibility index (Phi) is 2.63. The number of hydrogen-bond donors (Lipinski definition) is 0. The summed E-state index contributed by atoms with van der Waals surface area (Å²) in [6.45, 7) is 2.26. The van der Waals surface area contributed by atoms with Crippen molar-refractivity contribution in [3.05, 3.63) is 23.9 Å². The van der Waals surface area contributed by atoms with Gasteiger partial charge in [0.2, 0.25) is 5.88 Å². The molecule has 4 heteroatoms. The van der Waals surface area contributed by atoms with Crippen LogP contribution < -0.4 is 9.84 Å². The van der Waals surface area contributed by atoms with Gasteiger partial charge in [-0.2, -0.15) is 0 Å². The van der Waals surface area contributed by atoms with Crippen LogP contribution in [0.4, 0.5) is 0 Å². The number of ether oxygens (including phenoxy) is 1. The molecule has 0 bridgehead atoms. The Bertz CT molecular complexity index is 285. The van der Waals surface area contributed by atoms with Crippen LogP contribution in [-0.4, -0.2) is 17.6 Å². The summed E-state index contributed by atoms with van der Waals surface area (Å²) >= 11 is 0. The molecule has 0 aromatic carbocycles. The summed E-state index contributed by atoms with van der Waals surface area (Å²) < 4.78 is 4.99. The zero-order valence-electron chi connectivity index (χ0n) is 6.61. The summed E-state index contributed by atoms with van der Waals surface area (Å²) in [5.41, 5.74) is 0.0773. The molecule has 0 unspecified atom stereocenters. The fourth-order valence-corrected chi connectivity index (χ4v) is 0.763. The monoisotopic (exact) mass is 166 g/mol. The van der Waals surface area contributed by atoms with Crippen molar-refractivity contribution in [1.29, 1.82) is 0 Å². The van der Waals surface area contributed by atoms with Gasteiger partial charge in [-0.25, -0.2) is 4.98 Å². The lowest BCUT2D eigenvalue weighted by molar-refractivity contribution is -0.255. The van der Waals surface area contributed by atoms with Gasteiger partial charge in [-0.05, 0) is 13.0 Å². The fraction of sp³-hybridized carbons (Fsp3) is 0.250. The van der Waals surface area contributed by atoms with E-state index in [1.165, 1.54) is 18.3 Å². The third-order valence-electron chi connectivity index (χ3n) is 1.26. The summed E-state index contributed by atoms with van der Waals surface area (Å²) in [4.78, 5) is 14.2. The first-order valence-corrected chi connectivity index (χ1v) is 3.54. The molecule has 0 saturated heterocycles. The number of carbonyl (C=O) groups is 1. The van der Waals surface area contributed by atoms with Crippen LogP contribution in [0.3, 0.4) is 0 Å². The number of nitrogens with zero attached hydrogens (tertiary/aromatic N) is 1. The van der Waals surface area contributed by atoms with Crippen LogP contribution in [0.5, 0.6) is 5.88 Å². The van der Waals surface area contributed by atoms with Crippen molar-refractivity contribution >= 4 is 5.97 Å². The van der Waals surface area contributed by atoms with Gasteiger partial charge >= 0.3 is 0 Å². The van der Waals surface area contributed by atoms with Gasteiger partial charge in [0.05, 0.1) is 12.6 Å². The predicted molar refractivity (Wildman–Crippen MR) is 39.7 cm³/mol. The molecule has 4 nitrogen and oxygen atoms in total. The second-order valence-electron chi connectivity index (χ2n) is 2.10. The molecule has 0 saturated carbocycles. The van der Waals surface area contributed by atoms with E-state index in [1.807, 2.05) is 0 Å². The predicted octanol–water partition coefficient (Wildman–Crippen LogP) is -0.156. The standard InChI is InChI=1S/C8H9NO3/c1-2-12-7-5-6(8(10)11)3-4-9-7/h3-5H,2H2,1H3,(H,10,11)/p-1. The number of rotatable bonds is 3. The minimum absolute atomic E-state index is 0.0773. The quantitative estimate of drug-likeness (QED) is 0.626. The highest BCUT2D eigenvalue weighted by atomic mass is 16.5. The Labute approximate surface area is 69.8 Å². The number of carboxylic acids is 1. The van der Waals surface area contributed by atoms with Crippen LogP contribution in [0.15, 0.2) is 18.3 Å². The molecule has 0 N–H and O–H groups in total. The average molecular weight is 166 g/mol. The molecule has 0 fully saturated rings. The van der Waals surface area contributed by atoms with Crippen molar-refractivity contribution in [2.45, 2.75) is 6.92 Å². The number of aromatic nitrogens is 1. The normalized spacial score (nSPS) is 9.42. The molecule has 0 aliphatic rings. The van der Waals surface area contributed by atoms with E-state index in [1.54, 1.807) is 6.92 Å². The molecular formula is C8H8NO3-. The molecule has 0 radical (unpaired) electrons. The van der Waals surface area contributed by atoms with Crippen LogP contribution >= 0.6 is 0 Å². The number of carboxylic acid groups (broad SMARTS) is 1. The van der Waals surface area contributed by atoms with E-state index in [4.69, 9.17) is 4.74 Å². The second-order valence-corrected chi connectivity index (χ2v) is 2.10. The van der Waals surface area contributed by atoms with Crippen molar-refractivity contribution in [2.24, 2.45) is 0 Å². The number of aromatic carboxylic acids is 1. The van der Waals surface area contributed by atoms with Gasteiger partial charge in [0.15, 0.2) is 0 Å². The highest BCUT2D eigenvalue weighted by molar-refractivity contribution is 5.85. The van der Waals surface area contributed by atoms with Crippen molar-refractivity contribution in [3.8, 4) is 5.88 Å². The Morgan fingerprint density at radius 2 is 2.50 bits per heavy atom. The maximum absolute atomic E-state index is 10.4. The van der Waals surface area contributed by atoms with Crippen molar-refractivity contribution in [3.63, 3.8) is 0 Å². The van der Waals surface area contributed by atoms with E-state index in [2.05, 4.69) is 4.98 Å². The van der Waals surface area contributed by atoms with Crippen molar-refractivity contribution in [1.82, 2.24) is 4.98 Å². The Hall–Kier alpha value is -1.58. The minimum Gasteiger partial charge on any atom is -0.545 e. The van der Waals surface area contributed by atoms with Crippen LogP contribution in [0, 0.1) is 0 Å². The van der Waals surface area contributed by atoms with Crippen LogP contribution in [-0.2, 0) is 0 Å². The Balaban J connectivity index is 2.88. The smallest absolute Gasteiger partial charge is 0.213 e. The number of carbonyl (C=O) groups excluding carboxylic acids is 1. The molecule has 0 spiro atoms. The van der Waals surface area contributed by atoms with E-state index < -0.39 is 5.97 Å². The van der Waals surface area contributed by atoms with Gasteiger partial charge in [0.25, 0.3) is 0 Å². The zero-order valence-corrected chi connectivity index (χ0v) is 6.61. The van der Waals surface area contributed by atoms with Gasteiger partial charge in [-0.15, -0.1) is 0 Å². The highest BCUT2D eigenvalue weighted by Crippen LogP contribution is 2.07. The maximum Gasteiger partial charge on any atom is 0.213 e. The zero-order chi connectivity index (χ0) is 8.97. The van der Waals surface area contributed by atoms with E-state index in [-0.39, 0.29) is 5.56 Å². The lowest BCUT2D eigenvalue weighted by atomic mass is 10.3. The minimum atomic E-state index is -1.22. The molecule has 1 heterocycles.